The highest BCUT2D eigenvalue weighted by Gasteiger charge is 2.34. The van der Waals surface area contributed by atoms with Crippen LogP contribution in [0.1, 0.15) is 17.4 Å². The summed E-state index contributed by atoms with van der Waals surface area (Å²) in [5, 5.41) is -0.299. The molecule has 0 radical (unpaired) electrons. The van der Waals surface area contributed by atoms with Gasteiger partial charge in [0, 0.05) is 25.5 Å². The van der Waals surface area contributed by atoms with Gasteiger partial charge in [0.05, 0.1) is 12.1 Å². The van der Waals surface area contributed by atoms with Crippen molar-refractivity contribution in [1.29, 1.82) is 0 Å². The number of carbonyl (C=O) groups excluding carboxylic acids is 1. The molecule has 1 aromatic carbocycles. The third-order valence-corrected chi connectivity index (χ3v) is 4.98. The zero-order valence-electron chi connectivity index (χ0n) is 13.1. The van der Waals surface area contributed by atoms with Crippen LogP contribution >= 0.6 is 11.8 Å². The molecule has 0 bridgehead atoms. The van der Waals surface area contributed by atoms with E-state index in [9.17, 15) is 18.0 Å². The minimum atomic E-state index is -4.73. The van der Waals surface area contributed by atoms with Gasteiger partial charge < -0.3 is 14.2 Å². The van der Waals surface area contributed by atoms with Gasteiger partial charge in [-0.15, -0.1) is 24.9 Å². The normalized spacial score (nSPS) is 18.0. The van der Waals surface area contributed by atoms with Gasteiger partial charge >= 0.3 is 6.36 Å². The van der Waals surface area contributed by atoms with Crippen molar-refractivity contribution in [2.45, 2.75) is 24.7 Å². The number of alkyl halides is 3. The Morgan fingerprint density at radius 3 is 2.88 bits per heavy atom. The summed E-state index contributed by atoms with van der Waals surface area (Å²) in [5.74, 6) is 0.0335. The van der Waals surface area contributed by atoms with Crippen LogP contribution in [-0.2, 0) is 11.3 Å². The van der Waals surface area contributed by atoms with Crippen LogP contribution in [0.25, 0.3) is 0 Å². The van der Waals surface area contributed by atoms with E-state index in [1.165, 1.54) is 30.0 Å². The number of ether oxygens (including phenoxy) is 1. The van der Waals surface area contributed by atoms with E-state index in [0.717, 1.165) is 13.0 Å². The Bertz CT molecular complexity index is 722. The smallest absolute Gasteiger partial charge is 0.406 e. The minimum absolute atomic E-state index is 0.0113. The van der Waals surface area contributed by atoms with E-state index in [0.29, 0.717) is 17.9 Å². The highest BCUT2D eigenvalue weighted by Crippen LogP contribution is 2.40. The van der Waals surface area contributed by atoms with Crippen LogP contribution in [0.2, 0.25) is 0 Å². The summed E-state index contributed by atoms with van der Waals surface area (Å²) in [4.78, 5) is 17.8. The predicted octanol–water partition coefficient (Wildman–Crippen LogP) is 3.45. The van der Waals surface area contributed by atoms with Crippen LogP contribution in [0, 0.1) is 0 Å². The number of benzene rings is 1. The van der Waals surface area contributed by atoms with Crippen molar-refractivity contribution in [3.8, 4) is 5.75 Å². The summed E-state index contributed by atoms with van der Waals surface area (Å²) >= 11 is 1.41. The first-order valence-electron chi connectivity index (χ1n) is 7.65. The fourth-order valence-corrected chi connectivity index (χ4v) is 3.89. The lowest BCUT2D eigenvalue weighted by molar-refractivity contribution is -0.274. The lowest BCUT2D eigenvalue weighted by atomic mass is 10.2. The molecule has 1 saturated heterocycles. The zero-order valence-corrected chi connectivity index (χ0v) is 14.0. The fraction of sp³-hybridized carbons (Fsp3) is 0.375. The van der Waals surface area contributed by atoms with Crippen molar-refractivity contribution in [3.05, 3.63) is 48.5 Å². The van der Waals surface area contributed by atoms with Crippen LogP contribution in [0.15, 0.2) is 43.0 Å². The molecule has 1 aliphatic rings. The highest BCUT2D eigenvalue weighted by molar-refractivity contribution is 8.00. The number of amides is 1. The second-order valence-electron chi connectivity index (χ2n) is 5.52. The first-order valence-corrected chi connectivity index (χ1v) is 8.70. The van der Waals surface area contributed by atoms with Gasteiger partial charge in [-0.2, -0.15) is 0 Å². The maximum atomic E-state index is 12.4. The number of aromatic nitrogens is 2. The summed E-state index contributed by atoms with van der Waals surface area (Å²) in [7, 11) is 0. The lowest BCUT2D eigenvalue weighted by Gasteiger charge is -2.24. The van der Waals surface area contributed by atoms with Gasteiger partial charge in [0.25, 0.3) is 0 Å². The number of halogens is 3. The Kier molecular flexibility index (Phi) is 5.22. The molecule has 1 aliphatic heterocycles. The number of hydrogen-bond acceptors (Lipinski definition) is 4. The van der Waals surface area contributed by atoms with Crippen LogP contribution in [0.4, 0.5) is 13.2 Å². The molecule has 5 nitrogen and oxygen atoms in total. The van der Waals surface area contributed by atoms with Crippen molar-refractivity contribution < 1.29 is 22.7 Å². The minimum Gasteiger partial charge on any atom is -0.406 e. The van der Waals surface area contributed by atoms with Crippen LogP contribution in [-0.4, -0.2) is 39.0 Å². The van der Waals surface area contributed by atoms with E-state index < -0.39 is 6.36 Å². The Morgan fingerprint density at radius 2 is 2.16 bits per heavy atom. The monoisotopic (exact) mass is 371 g/mol. The Balaban J connectivity index is 1.67. The quantitative estimate of drug-likeness (QED) is 0.780. The summed E-state index contributed by atoms with van der Waals surface area (Å²) in [5.41, 5.74) is 0.625. The molecule has 2 heterocycles. The molecule has 0 aliphatic carbocycles. The van der Waals surface area contributed by atoms with Crippen molar-refractivity contribution in [1.82, 2.24) is 14.5 Å². The number of thioether (sulfide) groups is 1. The summed E-state index contributed by atoms with van der Waals surface area (Å²) < 4.78 is 43.1. The van der Waals surface area contributed by atoms with Gasteiger partial charge in [0.1, 0.15) is 11.1 Å². The number of rotatable bonds is 6. The number of aryl methyl sites for hydroxylation is 1. The summed E-state index contributed by atoms with van der Waals surface area (Å²) in [6.45, 7) is 1.25. The molecule has 3 rings (SSSR count). The van der Waals surface area contributed by atoms with Gasteiger partial charge in [0.15, 0.2) is 0 Å². The first-order chi connectivity index (χ1) is 11.9. The number of nitrogens with zero attached hydrogens (tertiary/aromatic N) is 3. The molecule has 25 heavy (non-hydrogen) atoms. The standard InChI is InChI=1S/C16H16F3N3O2S/c17-16(18,19)24-13-4-1-3-12(9-13)15-22(14(23)10-25-15)7-2-6-21-8-5-20-11-21/h1,3-5,8-9,11,15H,2,6-7,10H2. The third-order valence-electron chi connectivity index (χ3n) is 3.72. The number of carbonyl (C=O) groups is 1. The Labute approximate surface area is 146 Å². The molecular formula is C16H16F3N3O2S. The zero-order chi connectivity index (χ0) is 17.9. The van der Waals surface area contributed by atoms with E-state index in [1.54, 1.807) is 23.5 Å². The predicted molar refractivity (Wildman–Crippen MR) is 86.9 cm³/mol. The summed E-state index contributed by atoms with van der Waals surface area (Å²) in [6, 6.07) is 5.81. The molecule has 1 amide bonds. The van der Waals surface area contributed by atoms with E-state index in [-0.39, 0.29) is 17.0 Å². The van der Waals surface area contributed by atoms with Crippen molar-refractivity contribution in [3.63, 3.8) is 0 Å². The van der Waals surface area contributed by atoms with Crippen LogP contribution in [0.5, 0.6) is 5.75 Å². The molecule has 2 aromatic rings. The average molecular weight is 371 g/mol. The maximum absolute atomic E-state index is 12.4. The van der Waals surface area contributed by atoms with Gasteiger partial charge in [-0.05, 0) is 24.1 Å². The van der Waals surface area contributed by atoms with E-state index >= 15 is 0 Å². The average Bonchev–Trinajstić information content (AvgIpc) is 3.17. The van der Waals surface area contributed by atoms with Gasteiger partial charge in [0.2, 0.25) is 5.91 Å². The molecule has 0 saturated carbocycles. The van der Waals surface area contributed by atoms with Crippen molar-refractivity contribution in [2.75, 3.05) is 12.3 Å². The molecule has 1 unspecified atom stereocenters. The fourth-order valence-electron chi connectivity index (χ4n) is 2.68. The van der Waals surface area contributed by atoms with Gasteiger partial charge in [-0.3, -0.25) is 4.79 Å². The summed E-state index contributed by atoms with van der Waals surface area (Å²) in [6.07, 6.45) is 1.23. The lowest BCUT2D eigenvalue weighted by Crippen LogP contribution is -2.29. The molecule has 0 spiro atoms. The van der Waals surface area contributed by atoms with E-state index in [1.807, 2.05) is 10.8 Å². The topological polar surface area (TPSA) is 47.4 Å². The number of imidazole rings is 1. The maximum Gasteiger partial charge on any atom is 0.573 e. The van der Waals surface area contributed by atoms with Crippen LogP contribution < -0.4 is 4.74 Å². The third kappa shape index (κ3) is 4.68. The van der Waals surface area contributed by atoms with Gasteiger partial charge in [-0.25, -0.2) is 4.98 Å². The molecule has 1 aromatic heterocycles. The Morgan fingerprint density at radius 1 is 1.32 bits per heavy atom. The number of hydrogen-bond donors (Lipinski definition) is 0. The molecular weight excluding hydrogens is 355 g/mol. The largest absolute Gasteiger partial charge is 0.573 e. The second kappa shape index (κ2) is 7.38. The van der Waals surface area contributed by atoms with Crippen molar-refractivity contribution >= 4 is 17.7 Å². The molecule has 9 heteroatoms. The van der Waals surface area contributed by atoms with Gasteiger partial charge in [-0.1, -0.05) is 12.1 Å². The molecule has 0 N–H and O–H groups in total. The van der Waals surface area contributed by atoms with E-state index in [4.69, 9.17) is 0 Å². The first kappa shape index (κ1) is 17.7. The second-order valence-corrected chi connectivity index (χ2v) is 6.59. The SMILES string of the molecule is O=C1CSC(c2cccc(OC(F)(F)F)c2)N1CCCn1ccnc1. The molecule has 1 fully saturated rings. The molecule has 1 atom stereocenters. The van der Waals surface area contributed by atoms with E-state index in [2.05, 4.69) is 9.72 Å². The Hall–Kier alpha value is -2.16. The highest BCUT2D eigenvalue weighted by atomic mass is 32.2. The van der Waals surface area contributed by atoms with Crippen LogP contribution in [0.3, 0.4) is 0 Å². The molecule has 134 valence electrons. The van der Waals surface area contributed by atoms with Crippen molar-refractivity contribution in [2.24, 2.45) is 0 Å².